The molecule has 1 unspecified atom stereocenters. The Morgan fingerprint density at radius 3 is 3.07 bits per heavy atom. The van der Waals surface area contributed by atoms with E-state index in [2.05, 4.69) is 5.32 Å². The summed E-state index contributed by atoms with van der Waals surface area (Å²) < 4.78 is 5.32. The van der Waals surface area contributed by atoms with Crippen molar-refractivity contribution >= 4 is 5.91 Å². The number of nitrogens with two attached hydrogens (primary N) is 1. The van der Waals surface area contributed by atoms with Crippen molar-refractivity contribution in [3.8, 4) is 0 Å². The van der Waals surface area contributed by atoms with Crippen LogP contribution in [0, 0.1) is 5.92 Å². The Bertz CT molecular complexity index is 179. The van der Waals surface area contributed by atoms with Gasteiger partial charge in [-0.1, -0.05) is 6.92 Å². The first-order valence-corrected chi connectivity index (χ1v) is 5.35. The van der Waals surface area contributed by atoms with Crippen molar-refractivity contribution in [2.45, 2.75) is 32.2 Å². The predicted octanol–water partition coefficient (Wildman–Crippen LogP) is 0.267. The first kappa shape index (κ1) is 11.5. The summed E-state index contributed by atoms with van der Waals surface area (Å²) in [5, 5.41) is 2.86. The van der Waals surface area contributed by atoms with Crippen LogP contribution in [0.15, 0.2) is 0 Å². The van der Waals surface area contributed by atoms with E-state index in [1.54, 1.807) is 0 Å². The van der Waals surface area contributed by atoms with Gasteiger partial charge >= 0.3 is 0 Å². The zero-order valence-corrected chi connectivity index (χ0v) is 8.79. The zero-order valence-electron chi connectivity index (χ0n) is 8.79. The third kappa shape index (κ3) is 3.64. The van der Waals surface area contributed by atoms with E-state index in [1.165, 1.54) is 0 Å². The molecule has 2 atom stereocenters. The van der Waals surface area contributed by atoms with Crippen LogP contribution in [0.2, 0.25) is 0 Å². The molecule has 1 amide bonds. The molecule has 4 heteroatoms. The summed E-state index contributed by atoms with van der Waals surface area (Å²) in [6, 6.07) is -0.362. The number of carbonyl (C=O) groups is 1. The van der Waals surface area contributed by atoms with Gasteiger partial charge in [0.1, 0.15) is 0 Å². The minimum Gasteiger partial charge on any atom is -0.381 e. The van der Waals surface area contributed by atoms with Crippen molar-refractivity contribution in [3.05, 3.63) is 0 Å². The summed E-state index contributed by atoms with van der Waals surface area (Å²) in [4.78, 5) is 11.3. The van der Waals surface area contributed by atoms with Crippen LogP contribution in [0.1, 0.15) is 26.2 Å². The fourth-order valence-electron chi connectivity index (χ4n) is 1.53. The molecule has 0 aromatic carbocycles. The molecule has 1 aliphatic heterocycles. The molecule has 0 spiro atoms. The highest BCUT2D eigenvalue weighted by Crippen LogP contribution is 2.11. The van der Waals surface area contributed by atoms with E-state index >= 15 is 0 Å². The number of ether oxygens (including phenoxy) is 1. The predicted molar refractivity (Wildman–Crippen MR) is 54.8 cm³/mol. The number of hydrogen-bond donors (Lipinski definition) is 2. The lowest BCUT2D eigenvalue weighted by molar-refractivity contribution is -0.122. The van der Waals surface area contributed by atoms with Crippen LogP contribution in [0.3, 0.4) is 0 Å². The lowest BCUT2D eigenvalue weighted by Gasteiger charge is -2.22. The smallest absolute Gasteiger partial charge is 0.236 e. The van der Waals surface area contributed by atoms with Gasteiger partial charge in [-0.3, -0.25) is 4.79 Å². The SMILES string of the molecule is CC[C@@H](N)C(=O)NCC1CCCOC1. The highest BCUT2D eigenvalue weighted by molar-refractivity contribution is 5.81. The molecule has 0 radical (unpaired) electrons. The van der Waals surface area contributed by atoms with Gasteiger partial charge in [0, 0.05) is 13.2 Å². The maximum absolute atomic E-state index is 11.3. The van der Waals surface area contributed by atoms with E-state index in [0.717, 1.165) is 26.1 Å². The first-order chi connectivity index (χ1) is 6.74. The molecule has 0 aromatic heterocycles. The van der Waals surface area contributed by atoms with Crippen molar-refractivity contribution < 1.29 is 9.53 Å². The molecule has 1 rings (SSSR count). The first-order valence-electron chi connectivity index (χ1n) is 5.35. The van der Waals surface area contributed by atoms with Gasteiger partial charge in [0.25, 0.3) is 0 Å². The maximum Gasteiger partial charge on any atom is 0.236 e. The summed E-state index contributed by atoms with van der Waals surface area (Å²) in [7, 11) is 0. The average molecular weight is 200 g/mol. The van der Waals surface area contributed by atoms with E-state index < -0.39 is 0 Å². The molecule has 4 nitrogen and oxygen atoms in total. The summed E-state index contributed by atoms with van der Waals surface area (Å²) in [5.74, 6) is 0.426. The normalized spacial score (nSPS) is 24.3. The molecule has 82 valence electrons. The number of nitrogens with one attached hydrogen (secondary N) is 1. The lowest BCUT2D eigenvalue weighted by Crippen LogP contribution is -2.43. The maximum atomic E-state index is 11.3. The minimum absolute atomic E-state index is 0.0435. The Kier molecular flexibility index (Phi) is 4.90. The van der Waals surface area contributed by atoms with E-state index in [1.807, 2.05) is 6.92 Å². The third-order valence-corrected chi connectivity index (χ3v) is 2.60. The summed E-state index contributed by atoms with van der Waals surface area (Å²) >= 11 is 0. The van der Waals surface area contributed by atoms with Gasteiger partial charge in [-0.15, -0.1) is 0 Å². The van der Waals surface area contributed by atoms with E-state index in [4.69, 9.17) is 10.5 Å². The van der Waals surface area contributed by atoms with Gasteiger partial charge in [0.2, 0.25) is 5.91 Å². The molecule has 0 bridgehead atoms. The molecule has 3 N–H and O–H groups in total. The molecule has 0 aliphatic carbocycles. The highest BCUT2D eigenvalue weighted by atomic mass is 16.5. The summed E-state index contributed by atoms with van der Waals surface area (Å²) in [6.45, 7) is 4.24. The number of rotatable bonds is 4. The van der Waals surface area contributed by atoms with Gasteiger partial charge < -0.3 is 15.8 Å². The largest absolute Gasteiger partial charge is 0.381 e. The zero-order chi connectivity index (χ0) is 10.4. The van der Waals surface area contributed by atoms with Crippen molar-refractivity contribution in [2.75, 3.05) is 19.8 Å². The van der Waals surface area contributed by atoms with Gasteiger partial charge in [-0.25, -0.2) is 0 Å². The van der Waals surface area contributed by atoms with Gasteiger partial charge in [0.05, 0.1) is 12.6 Å². The van der Waals surface area contributed by atoms with E-state index in [9.17, 15) is 4.79 Å². The van der Waals surface area contributed by atoms with E-state index in [-0.39, 0.29) is 11.9 Å². The standard InChI is InChI=1S/C10H20N2O2/c1-2-9(11)10(13)12-6-8-4-3-5-14-7-8/h8-9H,2-7,11H2,1H3,(H,12,13)/t8?,9-/m1/s1. The second-order valence-electron chi connectivity index (χ2n) is 3.84. The van der Waals surface area contributed by atoms with Crippen molar-refractivity contribution in [2.24, 2.45) is 11.7 Å². The van der Waals surface area contributed by atoms with Crippen LogP contribution in [-0.4, -0.2) is 31.7 Å². The topological polar surface area (TPSA) is 64.4 Å². The van der Waals surface area contributed by atoms with E-state index in [0.29, 0.717) is 18.9 Å². The molecule has 1 heterocycles. The lowest BCUT2D eigenvalue weighted by atomic mass is 10.0. The monoisotopic (exact) mass is 200 g/mol. The summed E-state index contributed by atoms with van der Waals surface area (Å²) in [5.41, 5.74) is 5.59. The fraction of sp³-hybridized carbons (Fsp3) is 0.900. The average Bonchev–Trinajstić information content (AvgIpc) is 2.26. The molecule has 14 heavy (non-hydrogen) atoms. The Hall–Kier alpha value is -0.610. The van der Waals surface area contributed by atoms with Crippen molar-refractivity contribution in [1.82, 2.24) is 5.32 Å². The van der Waals surface area contributed by atoms with Gasteiger partial charge in [-0.2, -0.15) is 0 Å². The number of amides is 1. The molecule has 1 saturated heterocycles. The van der Waals surface area contributed by atoms with Crippen LogP contribution in [0.4, 0.5) is 0 Å². The molecular formula is C10H20N2O2. The minimum atomic E-state index is -0.362. The molecule has 0 aromatic rings. The highest BCUT2D eigenvalue weighted by Gasteiger charge is 2.16. The van der Waals surface area contributed by atoms with Crippen molar-refractivity contribution in [1.29, 1.82) is 0 Å². The number of carbonyl (C=O) groups excluding carboxylic acids is 1. The van der Waals surface area contributed by atoms with Crippen molar-refractivity contribution in [3.63, 3.8) is 0 Å². The third-order valence-electron chi connectivity index (χ3n) is 2.60. The number of hydrogen-bond acceptors (Lipinski definition) is 3. The molecule has 1 fully saturated rings. The Morgan fingerprint density at radius 2 is 2.50 bits per heavy atom. The Balaban J connectivity index is 2.15. The van der Waals surface area contributed by atoms with Crippen LogP contribution in [0.5, 0.6) is 0 Å². The van der Waals surface area contributed by atoms with Gasteiger partial charge in [0.15, 0.2) is 0 Å². The summed E-state index contributed by atoms with van der Waals surface area (Å²) in [6.07, 6.45) is 2.93. The molecular weight excluding hydrogens is 180 g/mol. The Labute approximate surface area is 85.2 Å². The van der Waals surface area contributed by atoms with Crippen LogP contribution < -0.4 is 11.1 Å². The van der Waals surface area contributed by atoms with Gasteiger partial charge in [-0.05, 0) is 25.2 Å². The second kappa shape index (κ2) is 5.98. The Morgan fingerprint density at radius 1 is 1.71 bits per heavy atom. The quantitative estimate of drug-likeness (QED) is 0.684. The molecule has 0 saturated carbocycles. The second-order valence-corrected chi connectivity index (χ2v) is 3.84. The van der Waals surface area contributed by atoms with Crippen LogP contribution in [0.25, 0.3) is 0 Å². The fourth-order valence-corrected chi connectivity index (χ4v) is 1.53. The van der Waals surface area contributed by atoms with Crippen LogP contribution >= 0.6 is 0 Å². The van der Waals surface area contributed by atoms with Crippen LogP contribution in [-0.2, 0) is 9.53 Å². The molecule has 1 aliphatic rings.